The van der Waals surface area contributed by atoms with Crippen molar-refractivity contribution in [2.24, 2.45) is 17.3 Å². The highest BCUT2D eigenvalue weighted by molar-refractivity contribution is 5.86. The van der Waals surface area contributed by atoms with Crippen molar-refractivity contribution in [3.8, 4) is 0 Å². The van der Waals surface area contributed by atoms with Gasteiger partial charge >= 0.3 is 11.9 Å². The maximum Gasteiger partial charge on any atom is 0.330 e. The van der Waals surface area contributed by atoms with Crippen LogP contribution in [0.1, 0.15) is 40.0 Å². The first-order valence-electron chi connectivity index (χ1n) is 6.33. The van der Waals surface area contributed by atoms with E-state index < -0.39 is 23.3 Å². The molecule has 5 nitrogen and oxygen atoms in total. The average Bonchev–Trinajstić information content (AvgIpc) is 2.25. The van der Waals surface area contributed by atoms with Crippen LogP contribution in [0.15, 0.2) is 11.6 Å². The third-order valence-electron chi connectivity index (χ3n) is 4.32. The predicted molar refractivity (Wildman–Crippen MR) is 68.6 cm³/mol. The van der Waals surface area contributed by atoms with E-state index in [2.05, 4.69) is 0 Å². The van der Waals surface area contributed by atoms with Gasteiger partial charge in [-0.05, 0) is 38.5 Å². The SMILES string of the molecule is CC(=O)[C@@H]1C[C@H](C(=O)O)[C@@]1(C)CC/C=C(/C)C(=O)O. The lowest BCUT2D eigenvalue weighted by atomic mass is 9.51. The Morgan fingerprint density at radius 2 is 1.79 bits per heavy atom. The van der Waals surface area contributed by atoms with Gasteiger partial charge in [-0.15, -0.1) is 0 Å². The van der Waals surface area contributed by atoms with Gasteiger partial charge in [0.05, 0.1) is 5.92 Å². The minimum absolute atomic E-state index is 0.0129. The largest absolute Gasteiger partial charge is 0.481 e. The van der Waals surface area contributed by atoms with Gasteiger partial charge in [0.2, 0.25) is 0 Å². The van der Waals surface area contributed by atoms with Crippen molar-refractivity contribution in [2.45, 2.75) is 40.0 Å². The molecule has 0 heterocycles. The van der Waals surface area contributed by atoms with Crippen LogP contribution < -0.4 is 0 Å². The molecule has 0 amide bonds. The van der Waals surface area contributed by atoms with Crippen LogP contribution in [0, 0.1) is 17.3 Å². The number of Topliss-reactive ketones (excluding diaryl/α,β-unsaturated/α-hetero) is 1. The second-order valence-corrected chi connectivity index (χ2v) is 5.53. The normalized spacial score (nSPS) is 30.6. The number of hydrogen-bond donors (Lipinski definition) is 2. The van der Waals surface area contributed by atoms with E-state index in [1.807, 2.05) is 6.92 Å². The standard InChI is InChI=1S/C14H20O5/c1-8(12(16)17)5-4-6-14(3)10(9(2)15)7-11(14)13(18)19/h5,10-11H,4,6-7H2,1-3H3,(H,16,17)(H,18,19)/b8-5-/t10-,11+,14-/m0/s1. The number of carboxylic acids is 2. The van der Waals surface area contributed by atoms with Crippen molar-refractivity contribution in [1.82, 2.24) is 0 Å². The molecule has 1 aliphatic carbocycles. The Labute approximate surface area is 112 Å². The van der Waals surface area contributed by atoms with E-state index in [1.54, 1.807) is 6.08 Å². The van der Waals surface area contributed by atoms with Gasteiger partial charge in [0.25, 0.3) is 0 Å². The zero-order valence-corrected chi connectivity index (χ0v) is 11.5. The van der Waals surface area contributed by atoms with E-state index in [-0.39, 0.29) is 17.3 Å². The van der Waals surface area contributed by atoms with Crippen molar-refractivity contribution < 1.29 is 24.6 Å². The molecular formula is C14H20O5. The third kappa shape index (κ3) is 3.03. The fourth-order valence-corrected chi connectivity index (χ4v) is 2.91. The highest BCUT2D eigenvalue weighted by atomic mass is 16.4. The van der Waals surface area contributed by atoms with Crippen LogP contribution in [0.25, 0.3) is 0 Å². The smallest absolute Gasteiger partial charge is 0.330 e. The van der Waals surface area contributed by atoms with Crippen LogP contribution in [-0.4, -0.2) is 27.9 Å². The lowest BCUT2D eigenvalue weighted by Gasteiger charge is -2.51. The number of ketones is 1. The summed E-state index contributed by atoms with van der Waals surface area (Å²) in [4.78, 5) is 33.3. The summed E-state index contributed by atoms with van der Waals surface area (Å²) in [6.07, 6.45) is 2.96. The number of carbonyl (C=O) groups is 3. The molecule has 3 atom stereocenters. The van der Waals surface area contributed by atoms with Crippen LogP contribution in [0.2, 0.25) is 0 Å². The number of allylic oxidation sites excluding steroid dienone is 1. The van der Waals surface area contributed by atoms with Crippen molar-refractivity contribution >= 4 is 17.7 Å². The van der Waals surface area contributed by atoms with Gasteiger partial charge in [0.1, 0.15) is 5.78 Å². The molecule has 0 bridgehead atoms. The quantitative estimate of drug-likeness (QED) is 0.720. The van der Waals surface area contributed by atoms with E-state index in [0.717, 1.165) is 0 Å². The summed E-state index contributed by atoms with van der Waals surface area (Å²) in [5.41, 5.74) is -0.318. The Morgan fingerprint density at radius 1 is 1.21 bits per heavy atom. The molecule has 5 heteroatoms. The Hall–Kier alpha value is -1.65. The molecule has 0 aromatic carbocycles. The molecule has 0 aliphatic heterocycles. The second kappa shape index (κ2) is 5.55. The van der Waals surface area contributed by atoms with Crippen molar-refractivity contribution in [3.05, 3.63) is 11.6 Å². The molecule has 1 saturated carbocycles. The Kier molecular flexibility index (Phi) is 4.50. The number of aliphatic carboxylic acids is 2. The predicted octanol–water partition coefficient (Wildman–Crippen LogP) is 2.11. The summed E-state index contributed by atoms with van der Waals surface area (Å²) >= 11 is 0. The maximum atomic E-state index is 11.5. The van der Waals surface area contributed by atoms with Crippen molar-refractivity contribution in [1.29, 1.82) is 0 Å². The molecule has 19 heavy (non-hydrogen) atoms. The number of rotatable bonds is 6. The molecular weight excluding hydrogens is 248 g/mol. The van der Waals surface area contributed by atoms with Crippen LogP contribution in [0.4, 0.5) is 0 Å². The first kappa shape index (κ1) is 15.4. The minimum atomic E-state index is -0.975. The first-order chi connectivity index (χ1) is 8.70. The highest BCUT2D eigenvalue weighted by Gasteiger charge is 2.56. The van der Waals surface area contributed by atoms with Gasteiger partial charge in [0.15, 0.2) is 0 Å². The van der Waals surface area contributed by atoms with Gasteiger partial charge in [-0.3, -0.25) is 9.59 Å². The van der Waals surface area contributed by atoms with Crippen LogP contribution in [0.3, 0.4) is 0 Å². The maximum absolute atomic E-state index is 11.5. The lowest BCUT2D eigenvalue weighted by Crippen LogP contribution is -2.53. The van der Waals surface area contributed by atoms with E-state index in [9.17, 15) is 14.4 Å². The molecule has 0 saturated heterocycles. The fourth-order valence-electron chi connectivity index (χ4n) is 2.91. The Bertz CT molecular complexity index is 415. The Balaban J connectivity index is 2.75. The number of carboxylic acid groups (broad SMARTS) is 2. The highest BCUT2D eigenvalue weighted by Crippen LogP contribution is 2.55. The summed E-state index contributed by atoms with van der Waals surface area (Å²) in [5, 5.41) is 17.9. The topological polar surface area (TPSA) is 91.7 Å². The lowest BCUT2D eigenvalue weighted by molar-refractivity contribution is -0.165. The molecule has 1 rings (SSSR count). The molecule has 2 N–H and O–H groups in total. The molecule has 0 spiro atoms. The summed E-state index contributed by atoms with van der Waals surface area (Å²) in [5.74, 6) is -2.58. The molecule has 0 aromatic rings. The summed E-state index contributed by atoms with van der Waals surface area (Å²) < 4.78 is 0. The van der Waals surface area contributed by atoms with Crippen LogP contribution >= 0.6 is 0 Å². The third-order valence-corrected chi connectivity index (χ3v) is 4.32. The summed E-state index contributed by atoms with van der Waals surface area (Å²) in [6, 6.07) is 0. The van der Waals surface area contributed by atoms with Crippen molar-refractivity contribution in [3.63, 3.8) is 0 Å². The van der Waals surface area contributed by atoms with Crippen LogP contribution in [-0.2, 0) is 14.4 Å². The molecule has 1 fully saturated rings. The van der Waals surface area contributed by atoms with Gasteiger partial charge in [0, 0.05) is 11.5 Å². The number of hydrogen-bond acceptors (Lipinski definition) is 3. The van der Waals surface area contributed by atoms with E-state index in [0.29, 0.717) is 19.3 Å². The van der Waals surface area contributed by atoms with Crippen LogP contribution in [0.5, 0.6) is 0 Å². The second-order valence-electron chi connectivity index (χ2n) is 5.53. The zero-order chi connectivity index (χ0) is 14.8. The molecule has 0 aromatic heterocycles. The van der Waals surface area contributed by atoms with E-state index >= 15 is 0 Å². The summed E-state index contributed by atoms with van der Waals surface area (Å²) in [6.45, 7) is 4.80. The zero-order valence-electron chi connectivity index (χ0n) is 11.5. The average molecular weight is 268 g/mol. The first-order valence-corrected chi connectivity index (χ1v) is 6.33. The van der Waals surface area contributed by atoms with Gasteiger partial charge in [-0.1, -0.05) is 13.0 Å². The minimum Gasteiger partial charge on any atom is -0.481 e. The molecule has 106 valence electrons. The van der Waals surface area contributed by atoms with E-state index in [4.69, 9.17) is 10.2 Å². The van der Waals surface area contributed by atoms with Crippen molar-refractivity contribution in [2.75, 3.05) is 0 Å². The van der Waals surface area contributed by atoms with Gasteiger partial charge < -0.3 is 10.2 Å². The van der Waals surface area contributed by atoms with Gasteiger partial charge in [-0.25, -0.2) is 4.79 Å². The summed E-state index contributed by atoms with van der Waals surface area (Å²) in [7, 11) is 0. The monoisotopic (exact) mass is 268 g/mol. The molecule has 0 unspecified atom stereocenters. The molecule has 1 aliphatic rings. The number of carbonyl (C=O) groups excluding carboxylic acids is 1. The molecule has 0 radical (unpaired) electrons. The Morgan fingerprint density at radius 3 is 2.21 bits per heavy atom. The van der Waals surface area contributed by atoms with E-state index in [1.165, 1.54) is 13.8 Å². The van der Waals surface area contributed by atoms with Gasteiger partial charge in [-0.2, -0.15) is 0 Å². The fraction of sp³-hybridized carbons (Fsp3) is 0.643.